The van der Waals surface area contributed by atoms with E-state index >= 15 is 4.79 Å². The second-order valence-corrected chi connectivity index (χ2v) is 18.3. The summed E-state index contributed by atoms with van der Waals surface area (Å²) in [5, 5.41) is 43.0. The Morgan fingerprint density at radius 1 is 0.918 bits per heavy atom. The lowest BCUT2D eigenvalue weighted by atomic mass is 9.44. The van der Waals surface area contributed by atoms with E-state index in [-0.39, 0.29) is 29.7 Å². The number of benzene rings is 2. The van der Waals surface area contributed by atoms with Gasteiger partial charge in [-0.1, -0.05) is 62.4 Å². The highest BCUT2D eigenvalue weighted by molar-refractivity contribution is 5.97. The number of amides is 2. The van der Waals surface area contributed by atoms with Gasteiger partial charge in [-0.15, -0.1) is 0 Å². The van der Waals surface area contributed by atoms with Crippen LogP contribution in [0.5, 0.6) is 0 Å². The summed E-state index contributed by atoms with van der Waals surface area (Å²) < 4.78 is 29.3. The molecule has 0 radical (unpaired) electrons. The highest BCUT2D eigenvalue weighted by Gasteiger charge is 2.77. The van der Waals surface area contributed by atoms with E-state index in [1.54, 1.807) is 83.1 Å². The molecule has 11 atom stereocenters. The van der Waals surface area contributed by atoms with Crippen molar-refractivity contribution in [3.05, 3.63) is 82.9 Å². The van der Waals surface area contributed by atoms with Gasteiger partial charge in [0.2, 0.25) is 0 Å². The molecule has 1 aliphatic heterocycles. The molecule has 330 valence electrons. The Labute approximate surface area is 354 Å². The number of esters is 3. The molecule has 3 aliphatic carbocycles. The summed E-state index contributed by atoms with van der Waals surface area (Å²) in [6, 6.07) is 13.2. The Hall–Kier alpha value is -5.16. The number of Topliss-reactive ketones (excluding diaryl/α,β-unsaturated/α-hetero) is 1. The Bertz CT molecular complexity index is 2100. The maximum Gasteiger partial charge on any atom is 0.408 e. The van der Waals surface area contributed by atoms with Gasteiger partial charge >= 0.3 is 24.0 Å². The third-order valence-electron chi connectivity index (χ3n) is 13.0. The first-order valence-corrected chi connectivity index (χ1v) is 20.3. The molecule has 5 N–H and O–H groups in total. The fourth-order valence-electron chi connectivity index (χ4n) is 10.00. The Kier molecular flexibility index (Phi) is 12.1. The third-order valence-corrected chi connectivity index (χ3v) is 13.0. The summed E-state index contributed by atoms with van der Waals surface area (Å²) in [7, 11) is 0. The number of ketones is 1. The number of fused-ring (bicyclic) bond motifs is 5. The molecule has 16 heteroatoms. The van der Waals surface area contributed by atoms with Crippen LogP contribution in [0.3, 0.4) is 0 Å². The molecule has 2 amide bonds. The van der Waals surface area contributed by atoms with Gasteiger partial charge in [-0.25, -0.2) is 9.59 Å². The van der Waals surface area contributed by atoms with Crippen molar-refractivity contribution in [2.45, 2.75) is 135 Å². The molecule has 61 heavy (non-hydrogen) atoms. The summed E-state index contributed by atoms with van der Waals surface area (Å²) in [6.45, 7) is 13.1. The van der Waals surface area contributed by atoms with Gasteiger partial charge in [-0.2, -0.15) is 0 Å². The average molecular weight is 849 g/mol. The lowest BCUT2D eigenvalue weighted by molar-refractivity contribution is -0.332. The van der Waals surface area contributed by atoms with Crippen molar-refractivity contribution in [1.29, 1.82) is 0 Å². The number of rotatable bonds is 9. The van der Waals surface area contributed by atoms with Gasteiger partial charge in [0.15, 0.2) is 23.6 Å². The predicted molar refractivity (Wildman–Crippen MR) is 215 cm³/mol. The van der Waals surface area contributed by atoms with Gasteiger partial charge in [0.05, 0.1) is 35.8 Å². The van der Waals surface area contributed by atoms with Crippen LogP contribution in [0.1, 0.15) is 97.1 Å². The van der Waals surface area contributed by atoms with Crippen molar-refractivity contribution in [2.75, 3.05) is 6.61 Å². The van der Waals surface area contributed by atoms with Crippen LogP contribution in [0.4, 0.5) is 4.79 Å². The number of hydrogen-bond acceptors (Lipinski definition) is 14. The molecule has 0 spiro atoms. The molecule has 2 aromatic rings. The van der Waals surface area contributed by atoms with Crippen molar-refractivity contribution in [3.63, 3.8) is 0 Å². The van der Waals surface area contributed by atoms with Crippen molar-refractivity contribution in [3.8, 4) is 0 Å². The zero-order valence-corrected chi connectivity index (χ0v) is 35.8. The van der Waals surface area contributed by atoms with Crippen molar-refractivity contribution in [2.24, 2.45) is 16.7 Å². The van der Waals surface area contributed by atoms with Crippen molar-refractivity contribution in [1.82, 2.24) is 10.6 Å². The fourth-order valence-corrected chi connectivity index (χ4v) is 10.00. The van der Waals surface area contributed by atoms with E-state index in [9.17, 15) is 39.3 Å². The van der Waals surface area contributed by atoms with E-state index in [0.29, 0.717) is 5.56 Å². The number of alkyl carbamates (subject to hydrolysis) is 1. The van der Waals surface area contributed by atoms with E-state index < -0.39 is 118 Å². The second-order valence-electron chi connectivity index (χ2n) is 18.3. The molecule has 2 bridgehead atoms. The average Bonchev–Trinajstić information content (AvgIpc) is 3.17. The van der Waals surface area contributed by atoms with Gasteiger partial charge in [-0.3, -0.25) is 19.2 Å². The number of aliphatic hydroxyl groups is 3. The summed E-state index contributed by atoms with van der Waals surface area (Å²) in [6.07, 6.45) is -9.44. The molecule has 6 rings (SSSR count). The van der Waals surface area contributed by atoms with Crippen LogP contribution in [0, 0.1) is 16.7 Å². The van der Waals surface area contributed by atoms with Crippen molar-refractivity contribution < 1.29 is 67.8 Å². The highest BCUT2D eigenvalue weighted by atomic mass is 16.6. The van der Waals surface area contributed by atoms with Crippen LogP contribution in [0.15, 0.2) is 71.8 Å². The molecule has 16 nitrogen and oxygen atoms in total. The minimum absolute atomic E-state index is 0.0274. The molecule has 4 aliphatic rings. The molecule has 1 saturated heterocycles. The lowest BCUT2D eigenvalue weighted by Gasteiger charge is -2.68. The smallest absolute Gasteiger partial charge is 0.408 e. The van der Waals surface area contributed by atoms with Crippen LogP contribution < -0.4 is 10.6 Å². The van der Waals surface area contributed by atoms with Gasteiger partial charge in [-0.05, 0) is 63.5 Å². The fraction of sp³-hybridized carbons (Fsp3) is 0.556. The SMILES string of the molecule is CC(=O)O[C@H]1C(=O)[C@@]2(C)C([C@H](NC(=O)c3ccccc3)[C@]3(O)C[C@H](OC(=O)[C@H](O)[C@@H](NC(=O)OC(C)(C)C)c4ccccc4)C(C)=C1C3(C)C)[C@]1(OC(C)=O)CO[C@@H]1C[C@@H]2O. The van der Waals surface area contributed by atoms with E-state index in [1.807, 2.05) is 0 Å². The Balaban J connectivity index is 1.54. The number of hydrogen-bond donors (Lipinski definition) is 5. The van der Waals surface area contributed by atoms with Gasteiger partial charge in [0, 0.05) is 43.6 Å². The standard InChI is InChI=1S/C45H56N2O14/c1-23-28(59-39(54)33(51)32(26-16-12-10-13-17-26)46-40(55)61-41(4,5)6)21-45(56)36(47-38(53)27-18-14-11-15-19-27)35-43(9,29(50)20-30-44(35,22-57-30)60-25(3)49)37(52)34(58-24(2)48)31(23)42(45,7)8/h10-19,28-30,32-36,50-51,56H,20-22H2,1-9H3,(H,46,55)(H,47,53)/t28-,29-,30+,32-,33+,34+,35?,36-,43+,44-,45+/m0/s1. The van der Waals surface area contributed by atoms with Crippen LogP contribution >= 0.6 is 0 Å². The molecular formula is C45H56N2O14. The van der Waals surface area contributed by atoms with E-state index in [1.165, 1.54) is 32.9 Å². The minimum Gasteiger partial charge on any atom is -0.456 e. The first-order chi connectivity index (χ1) is 28.4. The first kappa shape index (κ1) is 45.4. The number of nitrogens with one attached hydrogen (secondary N) is 2. The van der Waals surface area contributed by atoms with Crippen LogP contribution in [0.2, 0.25) is 0 Å². The largest absolute Gasteiger partial charge is 0.456 e. The lowest BCUT2D eigenvalue weighted by Crippen LogP contribution is -2.83. The molecular weight excluding hydrogens is 792 g/mol. The zero-order chi connectivity index (χ0) is 45.0. The van der Waals surface area contributed by atoms with Gasteiger partial charge < -0.3 is 49.6 Å². The van der Waals surface area contributed by atoms with Gasteiger partial charge in [0.1, 0.15) is 17.8 Å². The molecule has 2 aromatic carbocycles. The van der Waals surface area contributed by atoms with Crippen LogP contribution in [0.25, 0.3) is 0 Å². The monoisotopic (exact) mass is 848 g/mol. The van der Waals surface area contributed by atoms with Crippen molar-refractivity contribution >= 4 is 35.7 Å². The first-order valence-electron chi connectivity index (χ1n) is 20.3. The normalized spacial score (nSPS) is 32.5. The number of carbonyl (C=O) groups excluding carboxylic acids is 6. The summed E-state index contributed by atoms with van der Waals surface area (Å²) in [5.41, 5.74) is -7.81. The Morgan fingerprint density at radius 2 is 1.52 bits per heavy atom. The van der Waals surface area contributed by atoms with Gasteiger partial charge in [0.25, 0.3) is 5.91 Å². The van der Waals surface area contributed by atoms with Crippen LogP contribution in [-0.4, -0.2) is 111 Å². The summed E-state index contributed by atoms with van der Waals surface area (Å²) >= 11 is 0. The summed E-state index contributed by atoms with van der Waals surface area (Å²) in [4.78, 5) is 83.0. The maximum absolute atomic E-state index is 15.5. The second kappa shape index (κ2) is 16.3. The molecule has 1 unspecified atom stereocenters. The number of ether oxygens (including phenoxy) is 5. The van der Waals surface area contributed by atoms with E-state index in [0.717, 1.165) is 6.92 Å². The highest BCUT2D eigenvalue weighted by Crippen LogP contribution is 2.63. The summed E-state index contributed by atoms with van der Waals surface area (Å²) in [5.74, 6) is -5.84. The molecule has 1 heterocycles. The number of carbonyl (C=O) groups is 6. The van der Waals surface area contributed by atoms with E-state index in [2.05, 4.69) is 10.6 Å². The zero-order valence-electron chi connectivity index (χ0n) is 35.8. The number of aliphatic hydroxyl groups excluding tert-OH is 2. The van der Waals surface area contributed by atoms with Crippen LogP contribution in [-0.2, 0) is 42.9 Å². The molecule has 3 fully saturated rings. The molecule has 2 saturated carbocycles. The molecule has 0 aromatic heterocycles. The topological polar surface area (TPSA) is 233 Å². The predicted octanol–water partition coefficient (Wildman–Crippen LogP) is 3.40. The Morgan fingerprint density at radius 3 is 2.07 bits per heavy atom. The minimum atomic E-state index is -2.29. The van der Waals surface area contributed by atoms with E-state index in [4.69, 9.17) is 23.7 Å². The quantitative estimate of drug-likeness (QED) is 0.138. The maximum atomic E-state index is 15.5. The third kappa shape index (κ3) is 7.94.